The molecule has 0 radical (unpaired) electrons. The van der Waals surface area contributed by atoms with E-state index in [4.69, 9.17) is 12.2 Å². The van der Waals surface area contributed by atoms with Crippen molar-refractivity contribution in [3.05, 3.63) is 39.4 Å². The summed E-state index contributed by atoms with van der Waals surface area (Å²) in [6, 6.07) is 7.56. The summed E-state index contributed by atoms with van der Waals surface area (Å²) in [5, 5.41) is 0.720. The maximum absolute atomic E-state index is 12.6. The van der Waals surface area contributed by atoms with Crippen LogP contribution in [0, 0.1) is 10.2 Å². The molecule has 2 aromatic rings. The lowest BCUT2D eigenvalue weighted by Crippen LogP contribution is -2.30. The Balaban J connectivity index is 2.13. The summed E-state index contributed by atoms with van der Waals surface area (Å²) >= 11 is 5.36. The van der Waals surface area contributed by atoms with E-state index in [-0.39, 0.29) is 11.0 Å². The fourth-order valence-corrected chi connectivity index (χ4v) is 3.37. The zero-order valence-electron chi connectivity index (χ0n) is 11.1. The van der Waals surface area contributed by atoms with E-state index in [1.807, 2.05) is 24.3 Å². The number of H-pyrrole nitrogens is 1. The van der Waals surface area contributed by atoms with Crippen molar-refractivity contribution in [2.75, 3.05) is 0 Å². The predicted molar refractivity (Wildman–Crippen MR) is 80.0 cm³/mol. The van der Waals surface area contributed by atoms with E-state index in [1.165, 1.54) is 25.7 Å². The van der Waals surface area contributed by atoms with Crippen LogP contribution in [0.5, 0.6) is 0 Å². The van der Waals surface area contributed by atoms with Crippen LogP contribution in [0.25, 0.3) is 10.9 Å². The van der Waals surface area contributed by atoms with E-state index in [1.54, 1.807) is 4.57 Å². The average molecular weight is 274 g/mol. The second-order valence-corrected chi connectivity index (χ2v) is 6.27. The zero-order valence-corrected chi connectivity index (χ0v) is 11.9. The molecule has 1 aromatic carbocycles. The maximum atomic E-state index is 12.6. The molecule has 0 spiro atoms. The van der Waals surface area contributed by atoms with Gasteiger partial charge in [-0.25, -0.2) is 0 Å². The van der Waals surface area contributed by atoms with Crippen molar-refractivity contribution < 1.29 is 0 Å². The molecule has 100 valence electrons. The van der Waals surface area contributed by atoms with Gasteiger partial charge in [0.05, 0.1) is 10.9 Å². The standard InChI is InChI=1S/C15H18N2OS/c1-15(8-4-5-9-15)10-17-13(18)11-6-2-3-7-12(11)16-14(17)19/h2-3,6-7H,4-5,8-10H2,1H3,(H,16,19). The number of hydrogen-bond donors (Lipinski definition) is 1. The quantitative estimate of drug-likeness (QED) is 0.849. The van der Waals surface area contributed by atoms with Crippen molar-refractivity contribution in [2.24, 2.45) is 5.41 Å². The molecule has 1 aliphatic rings. The van der Waals surface area contributed by atoms with Gasteiger partial charge in [0.25, 0.3) is 5.56 Å². The number of aromatic nitrogens is 2. The molecule has 0 bridgehead atoms. The molecule has 3 rings (SSSR count). The third-order valence-corrected chi connectivity index (χ3v) is 4.56. The van der Waals surface area contributed by atoms with Gasteiger partial charge in [0.2, 0.25) is 0 Å². The Labute approximate surface area is 117 Å². The molecule has 1 aliphatic carbocycles. The van der Waals surface area contributed by atoms with Crippen molar-refractivity contribution in [2.45, 2.75) is 39.2 Å². The molecular formula is C15H18N2OS. The van der Waals surface area contributed by atoms with Crippen LogP contribution in [0.2, 0.25) is 0 Å². The average Bonchev–Trinajstić information content (AvgIpc) is 2.82. The molecule has 1 saturated carbocycles. The molecule has 0 amide bonds. The van der Waals surface area contributed by atoms with Gasteiger partial charge in [-0.2, -0.15) is 0 Å². The van der Waals surface area contributed by atoms with Crippen molar-refractivity contribution in [3.63, 3.8) is 0 Å². The number of nitrogens with zero attached hydrogens (tertiary/aromatic N) is 1. The molecule has 3 nitrogen and oxygen atoms in total. The molecule has 1 aromatic heterocycles. The number of fused-ring (bicyclic) bond motifs is 1. The summed E-state index contributed by atoms with van der Waals surface area (Å²) < 4.78 is 2.28. The monoisotopic (exact) mass is 274 g/mol. The first-order valence-corrected chi connectivity index (χ1v) is 7.22. The number of para-hydroxylation sites is 1. The van der Waals surface area contributed by atoms with Crippen LogP contribution in [0.3, 0.4) is 0 Å². The van der Waals surface area contributed by atoms with Gasteiger partial charge in [-0.1, -0.05) is 31.9 Å². The molecule has 1 fully saturated rings. The fourth-order valence-electron chi connectivity index (χ4n) is 3.11. The van der Waals surface area contributed by atoms with Gasteiger partial charge in [-0.05, 0) is 42.6 Å². The van der Waals surface area contributed by atoms with Crippen LogP contribution < -0.4 is 5.56 Å². The first kappa shape index (κ1) is 12.6. The highest BCUT2D eigenvalue weighted by Crippen LogP contribution is 2.38. The van der Waals surface area contributed by atoms with Crippen molar-refractivity contribution in [1.82, 2.24) is 9.55 Å². The Morgan fingerprint density at radius 2 is 2.00 bits per heavy atom. The third-order valence-electron chi connectivity index (χ3n) is 4.24. The van der Waals surface area contributed by atoms with Crippen molar-refractivity contribution in [1.29, 1.82) is 0 Å². The lowest BCUT2D eigenvalue weighted by Gasteiger charge is -2.24. The van der Waals surface area contributed by atoms with Gasteiger partial charge in [-0.15, -0.1) is 0 Å². The van der Waals surface area contributed by atoms with Crippen molar-refractivity contribution >= 4 is 23.1 Å². The molecule has 0 unspecified atom stereocenters. The number of hydrogen-bond acceptors (Lipinski definition) is 2. The Hall–Kier alpha value is -1.42. The van der Waals surface area contributed by atoms with E-state index < -0.39 is 0 Å². The molecule has 0 saturated heterocycles. The summed E-state index contributed by atoms with van der Waals surface area (Å²) in [6.07, 6.45) is 4.88. The summed E-state index contributed by atoms with van der Waals surface area (Å²) in [4.78, 5) is 15.7. The van der Waals surface area contributed by atoms with Crippen molar-refractivity contribution in [3.8, 4) is 0 Å². The topological polar surface area (TPSA) is 37.8 Å². The highest BCUT2D eigenvalue weighted by Gasteiger charge is 2.29. The molecule has 0 atom stereocenters. The Morgan fingerprint density at radius 3 is 2.74 bits per heavy atom. The minimum Gasteiger partial charge on any atom is -0.332 e. The highest BCUT2D eigenvalue weighted by molar-refractivity contribution is 7.71. The predicted octanol–water partition coefficient (Wildman–Crippen LogP) is 3.64. The van der Waals surface area contributed by atoms with Crippen LogP contribution in [-0.2, 0) is 6.54 Å². The largest absolute Gasteiger partial charge is 0.332 e. The Bertz CT molecular complexity index is 723. The highest BCUT2D eigenvalue weighted by atomic mass is 32.1. The van der Waals surface area contributed by atoms with E-state index in [0.717, 1.165) is 17.4 Å². The normalized spacial score (nSPS) is 17.9. The van der Waals surface area contributed by atoms with Gasteiger partial charge >= 0.3 is 0 Å². The minimum atomic E-state index is 0.0347. The van der Waals surface area contributed by atoms with Crippen LogP contribution in [0.4, 0.5) is 0 Å². The lowest BCUT2D eigenvalue weighted by molar-refractivity contribution is 0.275. The van der Waals surface area contributed by atoms with Gasteiger partial charge in [0, 0.05) is 6.54 Å². The fraction of sp³-hybridized carbons (Fsp3) is 0.467. The van der Waals surface area contributed by atoms with E-state index >= 15 is 0 Å². The number of nitrogens with one attached hydrogen (secondary N) is 1. The van der Waals surface area contributed by atoms with E-state index in [9.17, 15) is 4.79 Å². The summed E-state index contributed by atoms with van der Waals surface area (Å²) in [5.74, 6) is 0. The zero-order chi connectivity index (χ0) is 13.5. The molecule has 1 heterocycles. The molecule has 19 heavy (non-hydrogen) atoms. The summed E-state index contributed by atoms with van der Waals surface area (Å²) in [6.45, 7) is 2.99. The lowest BCUT2D eigenvalue weighted by atomic mass is 9.89. The smallest absolute Gasteiger partial charge is 0.262 e. The Kier molecular flexibility index (Phi) is 3.05. The second kappa shape index (κ2) is 4.60. The first-order chi connectivity index (χ1) is 9.09. The molecule has 0 aliphatic heterocycles. The number of aromatic amines is 1. The van der Waals surface area contributed by atoms with Crippen LogP contribution in [-0.4, -0.2) is 9.55 Å². The van der Waals surface area contributed by atoms with Gasteiger partial charge in [-0.3, -0.25) is 9.36 Å². The van der Waals surface area contributed by atoms with Crippen LogP contribution in [0.15, 0.2) is 29.1 Å². The molecule has 4 heteroatoms. The van der Waals surface area contributed by atoms with Gasteiger partial charge < -0.3 is 4.98 Å². The van der Waals surface area contributed by atoms with E-state index in [0.29, 0.717) is 4.77 Å². The maximum Gasteiger partial charge on any atom is 0.262 e. The number of benzene rings is 1. The Morgan fingerprint density at radius 1 is 1.32 bits per heavy atom. The van der Waals surface area contributed by atoms with Gasteiger partial charge in [0.1, 0.15) is 0 Å². The van der Waals surface area contributed by atoms with Gasteiger partial charge in [0.15, 0.2) is 4.77 Å². The summed E-state index contributed by atoms with van der Waals surface area (Å²) in [5.41, 5.74) is 1.08. The van der Waals surface area contributed by atoms with E-state index in [2.05, 4.69) is 11.9 Å². The summed E-state index contributed by atoms with van der Waals surface area (Å²) in [7, 11) is 0. The SMILES string of the molecule is CC1(Cn2c(=S)[nH]c3ccccc3c2=O)CCCC1. The minimum absolute atomic E-state index is 0.0347. The van der Waals surface area contributed by atoms with Crippen LogP contribution in [0.1, 0.15) is 32.6 Å². The second-order valence-electron chi connectivity index (χ2n) is 5.88. The first-order valence-electron chi connectivity index (χ1n) is 6.81. The van der Waals surface area contributed by atoms with Crippen LogP contribution >= 0.6 is 12.2 Å². The number of rotatable bonds is 2. The molecule has 1 N–H and O–H groups in total. The molecular weight excluding hydrogens is 256 g/mol. The third kappa shape index (κ3) is 2.25.